The summed E-state index contributed by atoms with van der Waals surface area (Å²) in [5.41, 5.74) is 0. The summed E-state index contributed by atoms with van der Waals surface area (Å²) in [6.45, 7) is 0. The third-order valence-electron chi connectivity index (χ3n) is 3.00. The van der Waals surface area contributed by atoms with Gasteiger partial charge in [-0.3, -0.25) is 0 Å². The number of hydrogen-bond acceptors (Lipinski definition) is 0. The third-order valence-corrected chi connectivity index (χ3v) is 3.00. The zero-order valence-corrected chi connectivity index (χ0v) is 6.24. The summed E-state index contributed by atoms with van der Waals surface area (Å²) < 4.78 is 0. The largest absolute Gasteiger partial charge is 0.241 e. The summed E-state index contributed by atoms with van der Waals surface area (Å²) in [4.78, 5) is 0. The highest BCUT2D eigenvalue weighted by Gasteiger charge is 2.69. The van der Waals surface area contributed by atoms with E-state index in [1.807, 2.05) is 23.7 Å². The van der Waals surface area contributed by atoms with Crippen molar-refractivity contribution >= 4 is 0 Å². The zero-order valence-electron chi connectivity index (χ0n) is 6.24. The van der Waals surface area contributed by atoms with Crippen molar-refractivity contribution in [3.63, 3.8) is 0 Å². The summed E-state index contributed by atoms with van der Waals surface area (Å²) in [7, 11) is 0. The van der Waals surface area contributed by atoms with Crippen LogP contribution in [0.15, 0.2) is 0 Å². The van der Waals surface area contributed by atoms with Crippen molar-refractivity contribution in [1.29, 1.82) is 0 Å². The molecule has 0 aromatic rings. The average molecular weight is 132 g/mol. The average Bonchev–Trinajstić information content (AvgIpc) is 1.82. The lowest BCUT2D eigenvalue weighted by Gasteiger charge is -2.21. The Bertz CT molecular complexity index is 91.6. The minimum atomic E-state index is 1.40. The Kier molecular flexibility index (Phi) is 0.803. The molecule has 10 heavy (non-hydrogen) atoms. The van der Waals surface area contributed by atoms with Crippen LogP contribution >= 0.6 is 0 Å². The topological polar surface area (TPSA) is 0 Å². The molecule has 0 heteroatoms. The quantitative estimate of drug-likeness (QED) is 0.444. The van der Waals surface area contributed by atoms with Gasteiger partial charge < -0.3 is 0 Å². The number of rotatable bonds is 0. The summed E-state index contributed by atoms with van der Waals surface area (Å²) in [5, 5.41) is 0. The van der Waals surface area contributed by atoms with Gasteiger partial charge in [-0.15, -0.1) is 0 Å². The molecule has 0 amide bonds. The van der Waals surface area contributed by atoms with E-state index in [0.29, 0.717) is 0 Å². The highest BCUT2D eigenvalue weighted by Crippen LogP contribution is 2.57. The first-order valence-corrected chi connectivity index (χ1v) is 4.24. The van der Waals surface area contributed by atoms with E-state index >= 15 is 0 Å². The molecule has 48 valence electrons. The van der Waals surface area contributed by atoms with Crippen molar-refractivity contribution in [3.05, 3.63) is 23.7 Å². The molecule has 4 fully saturated rings. The van der Waals surface area contributed by atoms with E-state index in [1.54, 1.807) is 0 Å². The van der Waals surface area contributed by atoms with Gasteiger partial charge in [0.25, 0.3) is 0 Å². The molecule has 0 nitrogen and oxygen atoms in total. The van der Waals surface area contributed by atoms with Crippen LogP contribution in [0.5, 0.6) is 0 Å². The van der Waals surface area contributed by atoms with Crippen LogP contribution in [0, 0.1) is 23.7 Å². The van der Waals surface area contributed by atoms with Crippen molar-refractivity contribution in [2.75, 3.05) is 0 Å². The fourth-order valence-corrected chi connectivity index (χ4v) is 2.87. The van der Waals surface area contributed by atoms with Gasteiger partial charge in [-0.25, -0.2) is 0 Å². The Morgan fingerprint density at radius 1 is 0.400 bits per heavy atom. The van der Waals surface area contributed by atoms with Crippen LogP contribution in [0.4, 0.5) is 0 Å². The first-order valence-electron chi connectivity index (χ1n) is 4.24. The standard InChI is InChI=1S/C10H12/c1-7-2-9-4-8(1)5-10(3-7)6-9/h1-6H2/q+4. The molecule has 0 aliphatic heterocycles. The van der Waals surface area contributed by atoms with Gasteiger partial charge in [0.05, 0.1) is 0 Å². The third kappa shape index (κ3) is 0.570. The molecule has 0 atom stereocenters. The van der Waals surface area contributed by atoms with E-state index < -0.39 is 0 Å². The van der Waals surface area contributed by atoms with Crippen LogP contribution in [-0.2, 0) is 0 Å². The molecule has 0 unspecified atom stereocenters. The van der Waals surface area contributed by atoms with Crippen LogP contribution in [0.25, 0.3) is 0 Å². The zero-order chi connectivity index (χ0) is 6.55. The maximum absolute atomic E-state index is 1.82. The molecule has 0 radical (unpaired) electrons. The molecule has 0 aromatic heterocycles. The predicted octanol–water partition coefficient (Wildman–Crippen LogP) is 2.67. The van der Waals surface area contributed by atoms with Gasteiger partial charge in [-0.1, -0.05) is 0 Å². The predicted molar refractivity (Wildman–Crippen MR) is 40.7 cm³/mol. The molecule has 0 N–H and O–H groups in total. The summed E-state index contributed by atoms with van der Waals surface area (Å²) in [6.07, 6.45) is 8.38. The van der Waals surface area contributed by atoms with Crippen molar-refractivity contribution in [1.82, 2.24) is 0 Å². The lowest BCUT2D eigenvalue weighted by Crippen LogP contribution is -2.34. The summed E-state index contributed by atoms with van der Waals surface area (Å²) in [5.74, 6) is 7.29. The smallest absolute Gasteiger partial charge is 0.228 e. The van der Waals surface area contributed by atoms with Crippen molar-refractivity contribution < 1.29 is 0 Å². The minimum Gasteiger partial charge on any atom is 0.228 e. The van der Waals surface area contributed by atoms with Crippen molar-refractivity contribution in [3.8, 4) is 0 Å². The molecule has 0 spiro atoms. The second-order valence-electron chi connectivity index (χ2n) is 4.06. The van der Waals surface area contributed by atoms with Crippen LogP contribution in [0.1, 0.15) is 38.5 Å². The van der Waals surface area contributed by atoms with Crippen LogP contribution < -0.4 is 0 Å². The van der Waals surface area contributed by atoms with Gasteiger partial charge in [0.15, 0.2) is 0 Å². The molecular weight excluding hydrogens is 120 g/mol. The summed E-state index contributed by atoms with van der Waals surface area (Å²) in [6, 6.07) is 0. The lowest BCUT2D eigenvalue weighted by molar-refractivity contribution is 0.397. The molecule has 4 rings (SSSR count). The Balaban J connectivity index is 1.90. The second-order valence-corrected chi connectivity index (χ2v) is 4.06. The van der Waals surface area contributed by atoms with Crippen molar-refractivity contribution in [2.45, 2.75) is 38.5 Å². The van der Waals surface area contributed by atoms with Gasteiger partial charge in [-0.05, 0) is 0 Å². The summed E-state index contributed by atoms with van der Waals surface area (Å²) >= 11 is 0. The Morgan fingerprint density at radius 3 is 0.800 bits per heavy atom. The molecule has 0 aromatic carbocycles. The number of hydrogen-bond donors (Lipinski definition) is 0. The van der Waals surface area contributed by atoms with Gasteiger partial charge in [-0.2, -0.15) is 0 Å². The van der Waals surface area contributed by atoms with Gasteiger partial charge >= 0.3 is 0 Å². The fraction of sp³-hybridized carbons (Fsp3) is 0.600. The van der Waals surface area contributed by atoms with Crippen LogP contribution in [-0.4, -0.2) is 0 Å². The Labute approximate surface area is 63.0 Å². The van der Waals surface area contributed by atoms with Crippen LogP contribution in [0.3, 0.4) is 0 Å². The van der Waals surface area contributed by atoms with E-state index in [2.05, 4.69) is 0 Å². The Morgan fingerprint density at radius 2 is 0.600 bits per heavy atom. The van der Waals surface area contributed by atoms with E-state index in [0.717, 1.165) is 0 Å². The molecule has 4 aliphatic rings. The van der Waals surface area contributed by atoms with Gasteiger partial charge in [0.1, 0.15) is 0 Å². The fourth-order valence-electron chi connectivity index (χ4n) is 2.87. The minimum absolute atomic E-state index is 1.40. The van der Waals surface area contributed by atoms with E-state index in [9.17, 15) is 0 Å². The van der Waals surface area contributed by atoms with E-state index in [-0.39, 0.29) is 0 Å². The highest BCUT2D eigenvalue weighted by atomic mass is 14.5. The molecule has 4 aliphatic carbocycles. The molecule has 4 saturated carbocycles. The Hall–Kier alpha value is -0.520. The van der Waals surface area contributed by atoms with Crippen LogP contribution in [0.2, 0.25) is 0 Å². The van der Waals surface area contributed by atoms with Gasteiger partial charge in [0.2, 0.25) is 62.2 Å². The second kappa shape index (κ2) is 1.55. The van der Waals surface area contributed by atoms with E-state index in [4.69, 9.17) is 0 Å². The first-order chi connectivity index (χ1) is 4.90. The monoisotopic (exact) mass is 132 g/mol. The van der Waals surface area contributed by atoms with Gasteiger partial charge in [0, 0.05) is 0 Å². The lowest BCUT2D eigenvalue weighted by atomic mass is 9.56. The van der Waals surface area contributed by atoms with Crippen molar-refractivity contribution in [2.24, 2.45) is 0 Å². The normalized spacial score (nSPS) is 28.8. The first kappa shape index (κ1) is 5.17. The molecule has 4 bridgehead atoms. The highest BCUT2D eigenvalue weighted by molar-refractivity contribution is 5.36. The molecule has 0 saturated heterocycles. The maximum atomic E-state index is 1.82. The maximum Gasteiger partial charge on any atom is 0.241 e. The molecule has 0 heterocycles. The van der Waals surface area contributed by atoms with E-state index in [1.165, 1.54) is 38.5 Å². The SMILES string of the molecule is C1[C+]2C[C+]3C[C+]1C[C+](C2)C3. The molecular formula is C10H12+4.